The second-order valence-electron chi connectivity index (χ2n) is 9.13. The fourth-order valence-electron chi connectivity index (χ4n) is 4.75. The molecule has 0 aliphatic carbocycles. The maximum atomic E-state index is 13.9. The van der Waals surface area contributed by atoms with E-state index in [2.05, 4.69) is 4.98 Å². The number of fused-ring (bicyclic) bond motifs is 2. The Morgan fingerprint density at radius 1 is 0.949 bits per heavy atom. The molecule has 192 valence electrons. The second kappa shape index (κ2) is 9.95. The number of benzene rings is 3. The molecule has 0 amide bonds. The van der Waals surface area contributed by atoms with Crippen LogP contribution in [0.25, 0.3) is 27.9 Å². The minimum atomic E-state index is -0.556. The molecule has 0 aliphatic rings. The molecule has 0 atom stereocenters. The summed E-state index contributed by atoms with van der Waals surface area (Å²) in [7, 11) is 1.58. The third-order valence-electron chi connectivity index (χ3n) is 6.67. The Balaban J connectivity index is 1.40. The first-order valence-corrected chi connectivity index (χ1v) is 12.4. The maximum absolute atomic E-state index is 13.9. The van der Waals surface area contributed by atoms with Crippen molar-refractivity contribution >= 4 is 22.2 Å². The Hall–Kier alpha value is -5.17. The Labute approximate surface area is 223 Å². The molecule has 0 bridgehead atoms. The van der Waals surface area contributed by atoms with E-state index in [9.17, 15) is 9.59 Å². The predicted molar refractivity (Wildman–Crippen MR) is 149 cm³/mol. The largest absolute Gasteiger partial charge is 0.494 e. The average molecular weight is 517 g/mol. The highest BCUT2D eigenvalue weighted by atomic mass is 16.5. The first kappa shape index (κ1) is 24.2. The average Bonchev–Trinajstić information content (AvgIpc) is 3.26. The number of aromatic nitrogens is 2. The van der Waals surface area contributed by atoms with Crippen LogP contribution in [0.15, 0.2) is 106 Å². The van der Waals surface area contributed by atoms with Gasteiger partial charge in [0.2, 0.25) is 11.7 Å². The summed E-state index contributed by atoms with van der Waals surface area (Å²) in [5, 5.41) is 0.234. The van der Waals surface area contributed by atoms with Crippen LogP contribution in [0.3, 0.4) is 0 Å². The van der Waals surface area contributed by atoms with Crippen molar-refractivity contribution in [2.75, 3.05) is 7.11 Å². The first-order valence-electron chi connectivity index (χ1n) is 12.4. The van der Waals surface area contributed by atoms with E-state index in [0.717, 1.165) is 11.1 Å². The lowest BCUT2D eigenvalue weighted by molar-refractivity contribution is 0.103. The van der Waals surface area contributed by atoms with Crippen LogP contribution in [0.5, 0.6) is 11.5 Å². The van der Waals surface area contributed by atoms with Gasteiger partial charge in [-0.25, -0.2) is 9.78 Å². The van der Waals surface area contributed by atoms with Gasteiger partial charge in [0.15, 0.2) is 0 Å². The van der Waals surface area contributed by atoms with Gasteiger partial charge in [0, 0.05) is 16.7 Å². The van der Waals surface area contributed by atoms with Crippen LogP contribution in [-0.4, -0.2) is 22.3 Å². The molecule has 0 unspecified atom stereocenters. The Morgan fingerprint density at radius 2 is 1.69 bits per heavy atom. The van der Waals surface area contributed by atoms with E-state index in [4.69, 9.17) is 13.9 Å². The van der Waals surface area contributed by atoms with E-state index in [1.807, 2.05) is 79.7 Å². The summed E-state index contributed by atoms with van der Waals surface area (Å²) < 4.78 is 18.9. The molecule has 0 aliphatic heterocycles. The van der Waals surface area contributed by atoms with Crippen molar-refractivity contribution in [1.29, 1.82) is 0 Å². The zero-order chi connectivity index (χ0) is 26.9. The quantitative estimate of drug-likeness (QED) is 0.234. The zero-order valence-corrected chi connectivity index (χ0v) is 21.4. The lowest BCUT2D eigenvalue weighted by Gasteiger charge is -2.09. The molecule has 39 heavy (non-hydrogen) atoms. The van der Waals surface area contributed by atoms with Gasteiger partial charge in [0.05, 0.1) is 29.7 Å². The SMILES string of the molecule is COc1c(C)c(C(=O)c2ccc3nc(-c4ccccc4)oc(=O)c3c2)n2cc(OCc3ccccc3)ccc12. The third-order valence-corrected chi connectivity index (χ3v) is 6.67. The molecule has 6 rings (SSSR count). The van der Waals surface area contributed by atoms with Gasteiger partial charge in [-0.3, -0.25) is 4.79 Å². The monoisotopic (exact) mass is 516 g/mol. The first-order chi connectivity index (χ1) is 19.0. The summed E-state index contributed by atoms with van der Waals surface area (Å²) in [6.07, 6.45) is 1.78. The summed E-state index contributed by atoms with van der Waals surface area (Å²) in [5.74, 6) is 1.17. The van der Waals surface area contributed by atoms with Gasteiger partial charge in [0.25, 0.3) is 0 Å². The Bertz CT molecular complexity index is 1890. The fourth-order valence-corrected chi connectivity index (χ4v) is 4.75. The van der Waals surface area contributed by atoms with Gasteiger partial charge >= 0.3 is 5.63 Å². The molecule has 0 spiro atoms. The van der Waals surface area contributed by atoms with Gasteiger partial charge in [-0.05, 0) is 55.0 Å². The third kappa shape index (κ3) is 4.44. The Morgan fingerprint density at radius 3 is 2.44 bits per heavy atom. The molecule has 7 heteroatoms. The van der Waals surface area contributed by atoms with Crippen LogP contribution in [0, 0.1) is 6.92 Å². The highest BCUT2D eigenvalue weighted by Crippen LogP contribution is 2.34. The molecule has 0 radical (unpaired) electrons. The molecule has 7 nitrogen and oxygen atoms in total. The molecule has 3 aromatic carbocycles. The van der Waals surface area contributed by atoms with Crippen LogP contribution in [0.4, 0.5) is 0 Å². The van der Waals surface area contributed by atoms with Crippen molar-refractivity contribution in [1.82, 2.24) is 9.38 Å². The van der Waals surface area contributed by atoms with Gasteiger partial charge in [-0.1, -0.05) is 48.5 Å². The van der Waals surface area contributed by atoms with Crippen molar-refractivity contribution < 1.29 is 18.7 Å². The lowest BCUT2D eigenvalue weighted by Crippen LogP contribution is -2.09. The van der Waals surface area contributed by atoms with Crippen molar-refractivity contribution in [2.45, 2.75) is 13.5 Å². The second-order valence-corrected chi connectivity index (χ2v) is 9.13. The summed E-state index contributed by atoms with van der Waals surface area (Å²) in [6, 6.07) is 27.7. The summed E-state index contributed by atoms with van der Waals surface area (Å²) in [5.41, 5.74) is 3.81. The minimum absolute atomic E-state index is 0.230. The standard InChI is InChI=1S/C32H24N2O5/c1-20-28(34-18-24(14-16-27(34)30(20)37-2)38-19-21-9-5-3-6-10-21)29(35)23-13-15-26-25(17-23)32(36)39-31(33-26)22-11-7-4-8-12-22/h3-18H,19H2,1-2H3. The van der Waals surface area contributed by atoms with E-state index < -0.39 is 5.63 Å². The fraction of sp³-hybridized carbons (Fsp3) is 0.0938. The molecule has 0 saturated carbocycles. The topological polar surface area (TPSA) is 83.0 Å². The molecular formula is C32H24N2O5. The predicted octanol–water partition coefficient (Wildman–Crippen LogP) is 6.23. The smallest absolute Gasteiger partial charge is 0.347 e. The minimum Gasteiger partial charge on any atom is -0.494 e. The Kier molecular flexibility index (Phi) is 6.17. The van der Waals surface area contributed by atoms with E-state index in [-0.39, 0.29) is 17.1 Å². The van der Waals surface area contributed by atoms with Gasteiger partial charge in [-0.2, -0.15) is 0 Å². The van der Waals surface area contributed by atoms with Gasteiger partial charge in [0.1, 0.15) is 23.8 Å². The van der Waals surface area contributed by atoms with E-state index in [1.165, 1.54) is 6.07 Å². The maximum Gasteiger partial charge on any atom is 0.347 e. The molecular weight excluding hydrogens is 492 g/mol. The van der Waals surface area contributed by atoms with Crippen LogP contribution in [-0.2, 0) is 6.61 Å². The van der Waals surface area contributed by atoms with E-state index in [1.54, 1.807) is 29.8 Å². The summed E-state index contributed by atoms with van der Waals surface area (Å²) >= 11 is 0. The molecule has 6 aromatic rings. The molecule has 3 aromatic heterocycles. The van der Waals surface area contributed by atoms with E-state index >= 15 is 0 Å². The number of rotatable bonds is 7. The molecule has 0 N–H and O–H groups in total. The van der Waals surface area contributed by atoms with Gasteiger partial charge in [-0.15, -0.1) is 0 Å². The number of hydrogen-bond acceptors (Lipinski definition) is 6. The van der Waals surface area contributed by atoms with Crippen LogP contribution < -0.4 is 15.1 Å². The number of ether oxygens (including phenoxy) is 2. The van der Waals surface area contributed by atoms with Crippen LogP contribution in [0.1, 0.15) is 27.2 Å². The van der Waals surface area contributed by atoms with Crippen molar-refractivity contribution in [3.8, 4) is 23.0 Å². The number of methoxy groups -OCH3 is 1. The highest BCUT2D eigenvalue weighted by molar-refractivity contribution is 6.11. The molecule has 0 fully saturated rings. The van der Waals surface area contributed by atoms with Crippen LogP contribution >= 0.6 is 0 Å². The molecule has 3 heterocycles. The van der Waals surface area contributed by atoms with E-state index in [0.29, 0.717) is 46.0 Å². The number of ketones is 1. The lowest BCUT2D eigenvalue weighted by atomic mass is 10.0. The van der Waals surface area contributed by atoms with Crippen molar-refractivity contribution in [3.63, 3.8) is 0 Å². The summed E-state index contributed by atoms with van der Waals surface area (Å²) in [6.45, 7) is 2.23. The van der Waals surface area contributed by atoms with Crippen molar-refractivity contribution in [2.24, 2.45) is 0 Å². The zero-order valence-electron chi connectivity index (χ0n) is 21.4. The highest BCUT2D eigenvalue weighted by Gasteiger charge is 2.24. The van der Waals surface area contributed by atoms with Gasteiger partial charge < -0.3 is 18.3 Å². The number of pyridine rings is 1. The normalized spacial score (nSPS) is 11.1. The number of carbonyl (C=O) groups is 1. The molecule has 0 saturated heterocycles. The number of nitrogens with zero attached hydrogens (tertiary/aromatic N) is 2. The number of hydrogen-bond donors (Lipinski definition) is 0. The summed E-state index contributed by atoms with van der Waals surface area (Å²) in [4.78, 5) is 31.3. The van der Waals surface area contributed by atoms with Crippen molar-refractivity contribution in [3.05, 3.63) is 130 Å². The number of carbonyl (C=O) groups excluding carboxylic acids is 1. The van der Waals surface area contributed by atoms with Crippen LogP contribution in [0.2, 0.25) is 0 Å².